The van der Waals surface area contributed by atoms with Crippen molar-refractivity contribution in [3.05, 3.63) is 35.4 Å². The number of nitrogens with one attached hydrogen (secondary N) is 2. The molecule has 1 aliphatic heterocycles. The first-order valence-corrected chi connectivity index (χ1v) is 11.4. The molecule has 1 saturated carbocycles. The van der Waals surface area contributed by atoms with Crippen molar-refractivity contribution in [1.29, 1.82) is 0 Å². The summed E-state index contributed by atoms with van der Waals surface area (Å²) in [7, 11) is 1.62. The fourth-order valence-electron chi connectivity index (χ4n) is 4.00. The van der Waals surface area contributed by atoms with Crippen LogP contribution in [0.3, 0.4) is 0 Å². The van der Waals surface area contributed by atoms with Crippen LogP contribution in [-0.2, 0) is 6.61 Å². The maximum Gasteiger partial charge on any atom is 0.157 e. The molecule has 1 atom stereocenters. The van der Waals surface area contributed by atoms with Gasteiger partial charge in [0.1, 0.15) is 28.6 Å². The summed E-state index contributed by atoms with van der Waals surface area (Å²) >= 11 is 0. The smallest absolute Gasteiger partial charge is 0.157 e. The zero-order valence-electron chi connectivity index (χ0n) is 18.9. The molecule has 2 fully saturated rings. The number of halogens is 1. The number of methoxy groups -OCH3 is 1. The van der Waals surface area contributed by atoms with Crippen LogP contribution in [0.15, 0.2) is 18.3 Å². The SMILES string of the molecule is CC.COc1cc2ncc(-c3nc(NC4CCCNC4)c(CO)cc3F)n2nc1C1CC1. The summed E-state index contributed by atoms with van der Waals surface area (Å²) in [6.07, 6.45) is 5.77. The van der Waals surface area contributed by atoms with E-state index in [-0.39, 0.29) is 18.3 Å². The number of nitrogens with zero attached hydrogens (tertiary/aromatic N) is 4. The Balaban J connectivity index is 0.00000119. The Bertz CT molecular complexity index is 1080. The number of pyridine rings is 1. The lowest BCUT2D eigenvalue weighted by Gasteiger charge is -2.25. The molecule has 1 unspecified atom stereocenters. The van der Waals surface area contributed by atoms with Crippen LogP contribution in [0.5, 0.6) is 5.75 Å². The number of aliphatic hydroxyl groups is 1. The minimum absolute atomic E-state index is 0.158. The van der Waals surface area contributed by atoms with Gasteiger partial charge >= 0.3 is 0 Å². The summed E-state index contributed by atoms with van der Waals surface area (Å²) in [5, 5.41) is 21.1. The zero-order chi connectivity index (χ0) is 22.7. The molecule has 1 saturated heterocycles. The molecule has 3 aromatic rings. The highest BCUT2D eigenvalue weighted by Gasteiger charge is 2.30. The van der Waals surface area contributed by atoms with E-state index in [0.717, 1.165) is 44.5 Å². The Kier molecular flexibility index (Phi) is 6.86. The van der Waals surface area contributed by atoms with Gasteiger partial charge in [0.25, 0.3) is 0 Å². The van der Waals surface area contributed by atoms with E-state index in [4.69, 9.17) is 9.84 Å². The van der Waals surface area contributed by atoms with Crippen LogP contribution < -0.4 is 15.4 Å². The molecule has 172 valence electrons. The molecule has 3 aromatic heterocycles. The quantitative estimate of drug-likeness (QED) is 0.538. The molecular weight excluding hydrogens is 411 g/mol. The van der Waals surface area contributed by atoms with Gasteiger partial charge in [-0.2, -0.15) is 5.10 Å². The van der Waals surface area contributed by atoms with Crippen molar-refractivity contribution >= 4 is 11.5 Å². The second-order valence-electron chi connectivity index (χ2n) is 7.96. The molecular formula is C23H31FN6O2. The maximum absolute atomic E-state index is 15.0. The summed E-state index contributed by atoms with van der Waals surface area (Å²) < 4.78 is 22.1. The maximum atomic E-state index is 15.0. The van der Waals surface area contributed by atoms with Crippen molar-refractivity contribution in [3.63, 3.8) is 0 Å². The molecule has 0 aromatic carbocycles. The predicted molar refractivity (Wildman–Crippen MR) is 121 cm³/mol. The molecule has 0 bridgehead atoms. The summed E-state index contributed by atoms with van der Waals surface area (Å²) in [5.74, 6) is 1.05. The minimum Gasteiger partial charge on any atom is -0.495 e. The Morgan fingerprint density at radius 2 is 2.09 bits per heavy atom. The van der Waals surface area contributed by atoms with Crippen LogP contribution in [0.4, 0.5) is 10.2 Å². The number of rotatable bonds is 6. The second kappa shape index (κ2) is 9.79. The number of aliphatic hydroxyl groups excluding tert-OH is 1. The lowest BCUT2D eigenvalue weighted by atomic mass is 10.1. The van der Waals surface area contributed by atoms with Crippen LogP contribution in [0.1, 0.15) is 56.7 Å². The first-order valence-electron chi connectivity index (χ1n) is 11.4. The third kappa shape index (κ3) is 4.40. The number of hydrogen-bond acceptors (Lipinski definition) is 7. The average Bonchev–Trinajstić information content (AvgIpc) is 3.61. The largest absolute Gasteiger partial charge is 0.495 e. The third-order valence-corrected chi connectivity index (χ3v) is 5.77. The van der Waals surface area contributed by atoms with Crippen molar-refractivity contribution < 1.29 is 14.2 Å². The average molecular weight is 443 g/mol. The lowest BCUT2D eigenvalue weighted by Crippen LogP contribution is -2.38. The number of ether oxygens (including phenoxy) is 1. The fraction of sp³-hybridized carbons (Fsp3) is 0.522. The number of piperidine rings is 1. The van der Waals surface area contributed by atoms with E-state index in [1.54, 1.807) is 17.8 Å². The summed E-state index contributed by atoms with van der Waals surface area (Å²) in [6.45, 7) is 5.51. The van der Waals surface area contributed by atoms with Crippen LogP contribution in [0, 0.1) is 5.82 Å². The van der Waals surface area contributed by atoms with Crippen molar-refractivity contribution in [2.75, 3.05) is 25.5 Å². The van der Waals surface area contributed by atoms with Gasteiger partial charge in [-0.15, -0.1) is 0 Å². The van der Waals surface area contributed by atoms with E-state index in [0.29, 0.717) is 34.4 Å². The first kappa shape index (κ1) is 22.4. The van der Waals surface area contributed by atoms with Gasteiger partial charge in [0.05, 0.1) is 19.9 Å². The third-order valence-electron chi connectivity index (χ3n) is 5.77. The highest BCUT2D eigenvalue weighted by Crippen LogP contribution is 2.43. The molecule has 0 spiro atoms. The van der Waals surface area contributed by atoms with E-state index in [9.17, 15) is 9.50 Å². The molecule has 4 heterocycles. The van der Waals surface area contributed by atoms with Gasteiger partial charge in [-0.3, -0.25) is 0 Å². The molecule has 0 amide bonds. The van der Waals surface area contributed by atoms with E-state index in [2.05, 4.69) is 20.6 Å². The fourth-order valence-corrected chi connectivity index (χ4v) is 4.00. The number of imidazole rings is 1. The lowest BCUT2D eigenvalue weighted by molar-refractivity contribution is 0.281. The number of fused-ring (bicyclic) bond motifs is 1. The molecule has 8 nitrogen and oxygen atoms in total. The normalized spacial score (nSPS) is 18.2. The summed E-state index contributed by atoms with van der Waals surface area (Å²) in [5.41, 5.74) is 2.50. The number of anilines is 1. The van der Waals surface area contributed by atoms with Crippen molar-refractivity contribution in [3.8, 4) is 17.1 Å². The molecule has 5 rings (SSSR count). The first-order chi connectivity index (χ1) is 15.7. The van der Waals surface area contributed by atoms with E-state index >= 15 is 0 Å². The van der Waals surface area contributed by atoms with E-state index in [1.165, 1.54) is 6.07 Å². The van der Waals surface area contributed by atoms with Gasteiger partial charge in [0.15, 0.2) is 11.5 Å². The Hall–Kier alpha value is -2.78. The predicted octanol–water partition coefficient (Wildman–Crippen LogP) is 3.50. The highest BCUT2D eigenvalue weighted by molar-refractivity contribution is 5.64. The van der Waals surface area contributed by atoms with Crippen LogP contribution in [0.25, 0.3) is 17.0 Å². The summed E-state index contributed by atoms with van der Waals surface area (Å²) in [4.78, 5) is 8.94. The zero-order valence-corrected chi connectivity index (χ0v) is 18.9. The van der Waals surface area contributed by atoms with Crippen molar-refractivity contribution in [2.24, 2.45) is 0 Å². The van der Waals surface area contributed by atoms with Gasteiger partial charge in [0.2, 0.25) is 0 Å². The standard InChI is InChI=1S/C21H25FN6O2.C2H6/c1-30-17-8-18-24-10-16(28(18)27-19(17)12-4-5-12)20-15(22)7-13(11-29)21(26-20)25-14-3-2-6-23-9-14;1-2/h7-8,10,12,14,23,29H,2-6,9,11H2,1H3,(H,25,26);1-2H3. The van der Waals surface area contributed by atoms with Gasteiger partial charge in [0, 0.05) is 30.1 Å². The molecule has 9 heteroatoms. The minimum atomic E-state index is -0.515. The van der Waals surface area contributed by atoms with Crippen molar-refractivity contribution in [2.45, 2.75) is 58.1 Å². The van der Waals surface area contributed by atoms with Gasteiger partial charge in [-0.05, 0) is 38.3 Å². The molecule has 2 aliphatic rings. The van der Waals surface area contributed by atoms with Crippen molar-refractivity contribution in [1.82, 2.24) is 24.9 Å². The van der Waals surface area contributed by atoms with Gasteiger partial charge in [-0.1, -0.05) is 13.8 Å². The van der Waals surface area contributed by atoms with Gasteiger partial charge in [-0.25, -0.2) is 18.9 Å². The Labute approximate surface area is 187 Å². The topological polar surface area (TPSA) is 96.6 Å². The Morgan fingerprint density at radius 3 is 2.75 bits per heavy atom. The monoisotopic (exact) mass is 442 g/mol. The van der Waals surface area contributed by atoms with E-state index in [1.807, 2.05) is 19.9 Å². The molecule has 1 aliphatic carbocycles. The summed E-state index contributed by atoms with van der Waals surface area (Å²) in [6, 6.07) is 3.35. The van der Waals surface area contributed by atoms with Crippen LogP contribution in [0.2, 0.25) is 0 Å². The van der Waals surface area contributed by atoms with Crippen LogP contribution in [-0.4, -0.2) is 50.9 Å². The second-order valence-corrected chi connectivity index (χ2v) is 7.96. The number of hydrogen-bond donors (Lipinski definition) is 3. The molecule has 3 N–H and O–H groups in total. The number of aromatic nitrogens is 4. The van der Waals surface area contributed by atoms with Crippen LogP contribution >= 0.6 is 0 Å². The highest BCUT2D eigenvalue weighted by atomic mass is 19.1. The van der Waals surface area contributed by atoms with Gasteiger partial charge < -0.3 is 20.5 Å². The molecule has 0 radical (unpaired) electrons. The molecule has 32 heavy (non-hydrogen) atoms. The Morgan fingerprint density at radius 1 is 1.28 bits per heavy atom. The van der Waals surface area contributed by atoms with E-state index < -0.39 is 5.82 Å².